The quantitative estimate of drug-likeness (QED) is 0.766. The van der Waals surface area contributed by atoms with Gasteiger partial charge in [0.2, 0.25) is 5.91 Å². The van der Waals surface area contributed by atoms with Gasteiger partial charge in [-0.2, -0.15) is 0 Å². The van der Waals surface area contributed by atoms with Crippen LogP contribution >= 0.6 is 11.6 Å². The van der Waals surface area contributed by atoms with Gasteiger partial charge < -0.3 is 15.5 Å². The lowest BCUT2D eigenvalue weighted by Crippen LogP contribution is -2.47. The van der Waals surface area contributed by atoms with E-state index in [2.05, 4.69) is 5.32 Å². The van der Waals surface area contributed by atoms with E-state index in [0.717, 1.165) is 12.5 Å². The Hall–Kier alpha value is -1.59. The van der Waals surface area contributed by atoms with Crippen molar-refractivity contribution in [2.45, 2.75) is 24.9 Å². The molecule has 0 aliphatic heterocycles. The molecule has 1 aliphatic rings. The number of amides is 1. The zero-order valence-corrected chi connectivity index (χ0v) is 11.7. The third-order valence-electron chi connectivity index (χ3n) is 3.47. The number of halogens is 1. The number of rotatable bonds is 5. The van der Waals surface area contributed by atoms with Crippen molar-refractivity contribution in [3.05, 3.63) is 34.9 Å². The van der Waals surface area contributed by atoms with Crippen molar-refractivity contribution in [3.8, 4) is 0 Å². The summed E-state index contributed by atoms with van der Waals surface area (Å²) in [5.74, 6) is -1.67. The molecule has 1 amide bonds. The first-order valence-electron chi connectivity index (χ1n) is 6.30. The predicted molar refractivity (Wildman–Crippen MR) is 73.6 cm³/mol. The summed E-state index contributed by atoms with van der Waals surface area (Å²) >= 11 is 5.90. The molecule has 1 saturated carbocycles. The van der Waals surface area contributed by atoms with Gasteiger partial charge in [-0.3, -0.25) is 4.79 Å². The van der Waals surface area contributed by atoms with Gasteiger partial charge in [0, 0.05) is 10.9 Å². The first-order valence-corrected chi connectivity index (χ1v) is 6.68. The standard InChI is InChI=1S/C14H16ClNO4/c1-14(20,13(18)19)7-16-12(17)11-6-10(11)8-3-2-4-9(15)5-8/h2-5,10-11,20H,6-7H2,1H3,(H,16,17)(H,18,19). The molecule has 0 bridgehead atoms. The second kappa shape index (κ2) is 5.42. The molecule has 5 nitrogen and oxygen atoms in total. The van der Waals surface area contributed by atoms with E-state index in [0.29, 0.717) is 11.4 Å². The fourth-order valence-electron chi connectivity index (χ4n) is 2.06. The summed E-state index contributed by atoms with van der Waals surface area (Å²) in [5.41, 5.74) is -0.946. The highest BCUT2D eigenvalue weighted by Crippen LogP contribution is 2.47. The molecular weight excluding hydrogens is 282 g/mol. The van der Waals surface area contributed by atoms with Crippen LogP contribution in [0, 0.1) is 5.92 Å². The summed E-state index contributed by atoms with van der Waals surface area (Å²) in [6, 6.07) is 7.34. The lowest BCUT2D eigenvalue weighted by atomic mass is 10.1. The number of carbonyl (C=O) groups excluding carboxylic acids is 1. The Labute approximate surface area is 121 Å². The number of hydrogen-bond donors (Lipinski definition) is 3. The summed E-state index contributed by atoms with van der Waals surface area (Å²) < 4.78 is 0. The first-order chi connectivity index (χ1) is 9.31. The summed E-state index contributed by atoms with van der Waals surface area (Å²) in [7, 11) is 0. The number of carboxylic acids is 1. The number of nitrogens with one attached hydrogen (secondary N) is 1. The molecule has 0 aromatic heterocycles. The fourth-order valence-corrected chi connectivity index (χ4v) is 2.26. The predicted octanol–water partition coefficient (Wildman–Crippen LogP) is 1.40. The average molecular weight is 298 g/mol. The molecule has 20 heavy (non-hydrogen) atoms. The molecule has 0 radical (unpaired) electrons. The summed E-state index contributed by atoms with van der Waals surface area (Å²) in [6.07, 6.45) is 0.710. The van der Waals surface area contributed by atoms with Crippen LogP contribution < -0.4 is 5.32 Å². The highest BCUT2D eigenvalue weighted by molar-refractivity contribution is 6.30. The smallest absolute Gasteiger partial charge is 0.337 e. The zero-order valence-electron chi connectivity index (χ0n) is 11.0. The van der Waals surface area contributed by atoms with Crippen LogP contribution in [0.2, 0.25) is 5.02 Å². The van der Waals surface area contributed by atoms with E-state index in [9.17, 15) is 14.7 Å². The van der Waals surface area contributed by atoms with Crippen molar-refractivity contribution in [1.29, 1.82) is 0 Å². The maximum Gasteiger partial charge on any atom is 0.337 e. The molecule has 0 heterocycles. The third-order valence-corrected chi connectivity index (χ3v) is 3.71. The third kappa shape index (κ3) is 3.29. The number of carbonyl (C=O) groups is 2. The van der Waals surface area contributed by atoms with Crippen LogP contribution in [0.3, 0.4) is 0 Å². The molecular formula is C14H16ClNO4. The Bertz CT molecular complexity index is 544. The normalized spacial score (nSPS) is 23.8. The van der Waals surface area contributed by atoms with Crippen molar-refractivity contribution in [2.24, 2.45) is 5.92 Å². The van der Waals surface area contributed by atoms with Gasteiger partial charge in [0.25, 0.3) is 0 Å². The number of aliphatic hydroxyl groups is 1. The molecule has 3 atom stereocenters. The Balaban J connectivity index is 1.89. The SMILES string of the molecule is CC(O)(CNC(=O)C1CC1c1cccc(Cl)c1)C(=O)O. The van der Waals surface area contributed by atoms with Crippen LogP contribution in [0.15, 0.2) is 24.3 Å². The summed E-state index contributed by atoms with van der Waals surface area (Å²) in [5, 5.41) is 21.4. The fraction of sp³-hybridized carbons (Fsp3) is 0.429. The van der Waals surface area contributed by atoms with Crippen LogP contribution in [0.4, 0.5) is 0 Å². The van der Waals surface area contributed by atoms with Crippen molar-refractivity contribution in [3.63, 3.8) is 0 Å². The molecule has 1 fully saturated rings. The van der Waals surface area contributed by atoms with E-state index in [1.54, 1.807) is 6.07 Å². The van der Waals surface area contributed by atoms with E-state index >= 15 is 0 Å². The molecule has 0 spiro atoms. The summed E-state index contributed by atoms with van der Waals surface area (Å²) in [4.78, 5) is 22.6. The van der Waals surface area contributed by atoms with Crippen LogP contribution in [0.1, 0.15) is 24.8 Å². The van der Waals surface area contributed by atoms with E-state index in [1.165, 1.54) is 0 Å². The molecule has 3 unspecified atom stereocenters. The van der Waals surface area contributed by atoms with E-state index in [1.807, 2.05) is 18.2 Å². The Morgan fingerprint density at radius 2 is 2.20 bits per heavy atom. The lowest BCUT2D eigenvalue weighted by molar-refractivity contribution is -0.156. The molecule has 1 aromatic carbocycles. The highest BCUT2D eigenvalue weighted by atomic mass is 35.5. The molecule has 0 saturated heterocycles. The van der Waals surface area contributed by atoms with Gasteiger partial charge in [0.15, 0.2) is 5.60 Å². The second-order valence-electron chi connectivity index (χ2n) is 5.30. The number of benzene rings is 1. The molecule has 1 aliphatic carbocycles. The monoisotopic (exact) mass is 297 g/mol. The van der Waals surface area contributed by atoms with Crippen molar-refractivity contribution in [1.82, 2.24) is 5.32 Å². The van der Waals surface area contributed by atoms with E-state index in [4.69, 9.17) is 16.7 Å². The number of carboxylic acid groups (broad SMARTS) is 1. The van der Waals surface area contributed by atoms with E-state index < -0.39 is 11.6 Å². The van der Waals surface area contributed by atoms with Gasteiger partial charge in [-0.25, -0.2) is 4.79 Å². The number of hydrogen-bond acceptors (Lipinski definition) is 3. The van der Waals surface area contributed by atoms with Crippen LogP contribution in [0.25, 0.3) is 0 Å². The van der Waals surface area contributed by atoms with Crippen molar-refractivity contribution in [2.75, 3.05) is 6.54 Å². The number of aliphatic carboxylic acids is 1. The minimum atomic E-state index is -1.95. The Morgan fingerprint density at radius 3 is 2.80 bits per heavy atom. The van der Waals surface area contributed by atoms with Gasteiger partial charge in [-0.05, 0) is 37.0 Å². The zero-order chi connectivity index (χ0) is 14.9. The minimum Gasteiger partial charge on any atom is -0.479 e. The van der Waals surface area contributed by atoms with Crippen LogP contribution in [0.5, 0.6) is 0 Å². The molecule has 1 aromatic rings. The van der Waals surface area contributed by atoms with Gasteiger partial charge in [-0.15, -0.1) is 0 Å². The Morgan fingerprint density at radius 1 is 1.50 bits per heavy atom. The highest BCUT2D eigenvalue weighted by Gasteiger charge is 2.44. The first kappa shape index (κ1) is 14.8. The Kier molecular flexibility index (Phi) is 4.01. The largest absolute Gasteiger partial charge is 0.479 e. The van der Waals surface area contributed by atoms with Crippen LogP contribution in [-0.2, 0) is 9.59 Å². The van der Waals surface area contributed by atoms with Crippen LogP contribution in [-0.4, -0.2) is 34.2 Å². The van der Waals surface area contributed by atoms with Crippen molar-refractivity contribution >= 4 is 23.5 Å². The average Bonchev–Trinajstić information content (AvgIpc) is 3.16. The van der Waals surface area contributed by atoms with E-state index in [-0.39, 0.29) is 24.3 Å². The van der Waals surface area contributed by atoms with Gasteiger partial charge >= 0.3 is 5.97 Å². The maximum absolute atomic E-state index is 11.9. The molecule has 108 valence electrons. The molecule has 2 rings (SSSR count). The van der Waals surface area contributed by atoms with Gasteiger partial charge in [-0.1, -0.05) is 23.7 Å². The maximum atomic E-state index is 11.9. The molecule has 3 N–H and O–H groups in total. The van der Waals surface area contributed by atoms with Crippen molar-refractivity contribution < 1.29 is 19.8 Å². The topological polar surface area (TPSA) is 86.6 Å². The minimum absolute atomic E-state index is 0.114. The second-order valence-corrected chi connectivity index (χ2v) is 5.74. The van der Waals surface area contributed by atoms with Gasteiger partial charge in [0.05, 0.1) is 6.54 Å². The van der Waals surface area contributed by atoms with Gasteiger partial charge in [0.1, 0.15) is 0 Å². The lowest BCUT2D eigenvalue weighted by Gasteiger charge is -2.18. The molecule has 6 heteroatoms. The summed E-state index contributed by atoms with van der Waals surface area (Å²) in [6.45, 7) is 0.844.